The fraction of sp³-hybridized carbons (Fsp3) is 0.312. The molecule has 23 heavy (non-hydrogen) atoms. The average Bonchev–Trinajstić information content (AvgIpc) is 2.98. The van der Waals surface area contributed by atoms with Crippen LogP contribution < -0.4 is 10.6 Å². The molecule has 2 N–H and O–H groups in total. The Balaban J connectivity index is 1.93. The van der Waals surface area contributed by atoms with Crippen LogP contribution in [0, 0.1) is 10.1 Å². The average molecular weight is 331 g/mol. The van der Waals surface area contributed by atoms with E-state index >= 15 is 0 Å². The maximum atomic E-state index is 11.7. The molecular weight excluding hydrogens is 314 g/mol. The standard InChI is InChI=1S/C16H17N3O3S/c1-10-6-13(16(17)20)12-4-2-3-5-14(12)18(10)8-11-7-15(19(21)22)23-9-11/h2-5,7,9-10,13H,6,8H2,1H3,(H2,17,20)/t10-,13-/m1/s1. The first-order valence-corrected chi connectivity index (χ1v) is 8.22. The maximum absolute atomic E-state index is 11.7. The molecule has 2 aromatic rings. The fourth-order valence-corrected chi connectivity index (χ4v) is 3.85. The number of nitro groups is 1. The second-order valence-corrected chi connectivity index (χ2v) is 6.67. The van der Waals surface area contributed by atoms with Crippen molar-refractivity contribution in [2.24, 2.45) is 5.73 Å². The molecule has 0 saturated heterocycles. The summed E-state index contributed by atoms with van der Waals surface area (Å²) < 4.78 is 0. The minimum atomic E-state index is -0.370. The van der Waals surface area contributed by atoms with Crippen LogP contribution in [0.15, 0.2) is 35.7 Å². The van der Waals surface area contributed by atoms with Crippen LogP contribution in [-0.2, 0) is 11.3 Å². The number of nitrogens with two attached hydrogens (primary N) is 1. The number of primary amides is 1. The third-order valence-corrected chi connectivity index (χ3v) is 5.18. The number of fused-ring (bicyclic) bond motifs is 1. The molecule has 1 aromatic carbocycles. The number of anilines is 1. The highest BCUT2D eigenvalue weighted by molar-refractivity contribution is 7.13. The van der Waals surface area contributed by atoms with Crippen molar-refractivity contribution < 1.29 is 9.72 Å². The lowest BCUT2D eigenvalue weighted by Crippen LogP contribution is -2.41. The molecule has 0 unspecified atom stereocenters. The zero-order valence-corrected chi connectivity index (χ0v) is 13.5. The smallest absolute Gasteiger partial charge is 0.324 e. The molecule has 2 atom stereocenters. The van der Waals surface area contributed by atoms with Gasteiger partial charge in [0.2, 0.25) is 5.91 Å². The number of amides is 1. The third kappa shape index (κ3) is 2.92. The Hall–Kier alpha value is -2.41. The van der Waals surface area contributed by atoms with Crippen LogP contribution in [0.25, 0.3) is 0 Å². The molecule has 6 nitrogen and oxygen atoms in total. The highest BCUT2D eigenvalue weighted by Gasteiger charge is 2.33. The molecule has 1 aliphatic rings. The van der Waals surface area contributed by atoms with E-state index in [9.17, 15) is 14.9 Å². The summed E-state index contributed by atoms with van der Waals surface area (Å²) >= 11 is 1.13. The second kappa shape index (κ2) is 6.00. The van der Waals surface area contributed by atoms with Crippen LogP contribution in [0.1, 0.15) is 30.4 Å². The lowest BCUT2D eigenvalue weighted by Gasteiger charge is -2.39. The van der Waals surface area contributed by atoms with Crippen molar-refractivity contribution in [3.8, 4) is 0 Å². The van der Waals surface area contributed by atoms with Gasteiger partial charge in [-0.1, -0.05) is 29.5 Å². The molecule has 120 valence electrons. The van der Waals surface area contributed by atoms with E-state index in [2.05, 4.69) is 4.90 Å². The molecule has 1 aliphatic heterocycles. The van der Waals surface area contributed by atoms with Crippen LogP contribution in [0.5, 0.6) is 0 Å². The number of nitrogens with zero attached hydrogens (tertiary/aromatic N) is 2. The van der Waals surface area contributed by atoms with Crippen LogP contribution in [0.2, 0.25) is 0 Å². The minimum absolute atomic E-state index is 0.126. The predicted octanol–water partition coefficient (Wildman–Crippen LogP) is 3.02. The topological polar surface area (TPSA) is 89.5 Å². The van der Waals surface area contributed by atoms with Crippen molar-refractivity contribution in [3.63, 3.8) is 0 Å². The van der Waals surface area contributed by atoms with Crippen LogP contribution in [-0.4, -0.2) is 16.9 Å². The number of para-hydroxylation sites is 1. The summed E-state index contributed by atoms with van der Waals surface area (Å²) in [7, 11) is 0. The lowest BCUT2D eigenvalue weighted by molar-refractivity contribution is -0.380. The Labute approximate surface area is 137 Å². The van der Waals surface area contributed by atoms with Crippen molar-refractivity contribution in [2.75, 3.05) is 4.90 Å². The van der Waals surface area contributed by atoms with Crippen LogP contribution in [0.3, 0.4) is 0 Å². The largest absolute Gasteiger partial charge is 0.369 e. The number of benzene rings is 1. The van der Waals surface area contributed by atoms with E-state index in [1.165, 1.54) is 0 Å². The summed E-state index contributed by atoms with van der Waals surface area (Å²) in [5.41, 5.74) is 8.36. The fourth-order valence-electron chi connectivity index (χ4n) is 3.12. The molecule has 0 radical (unpaired) electrons. The molecular formula is C16H17N3O3S. The first-order chi connectivity index (χ1) is 11.0. The van der Waals surface area contributed by atoms with Crippen LogP contribution in [0.4, 0.5) is 10.7 Å². The third-order valence-electron chi connectivity index (χ3n) is 4.25. The number of carbonyl (C=O) groups excluding carboxylic acids is 1. The lowest BCUT2D eigenvalue weighted by atomic mass is 9.85. The van der Waals surface area contributed by atoms with Crippen molar-refractivity contribution in [2.45, 2.75) is 31.8 Å². The number of rotatable bonds is 4. The number of carbonyl (C=O) groups is 1. The van der Waals surface area contributed by atoms with E-state index in [4.69, 9.17) is 5.73 Å². The van der Waals surface area contributed by atoms with Gasteiger partial charge in [0.05, 0.1) is 10.8 Å². The van der Waals surface area contributed by atoms with E-state index in [0.29, 0.717) is 13.0 Å². The Morgan fingerprint density at radius 2 is 2.22 bits per heavy atom. The van der Waals surface area contributed by atoms with Gasteiger partial charge in [-0.05, 0) is 30.5 Å². The summed E-state index contributed by atoms with van der Waals surface area (Å²) in [6.07, 6.45) is 0.651. The van der Waals surface area contributed by atoms with Gasteiger partial charge < -0.3 is 10.6 Å². The van der Waals surface area contributed by atoms with E-state index in [0.717, 1.165) is 28.2 Å². The predicted molar refractivity (Wildman–Crippen MR) is 89.6 cm³/mol. The zero-order chi connectivity index (χ0) is 16.6. The maximum Gasteiger partial charge on any atom is 0.324 e. The van der Waals surface area contributed by atoms with Gasteiger partial charge in [-0.15, -0.1) is 0 Å². The summed E-state index contributed by atoms with van der Waals surface area (Å²) in [4.78, 5) is 24.4. The highest BCUT2D eigenvalue weighted by atomic mass is 32.1. The summed E-state index contributed by atoms with van der Waals surface area (Å²) in [5, 5.41) is 12.8. The van der Waals surface area contributed by atoms with E-state index < -0.39 is 0 Å². The van der Waals surface area contributed by atoms with Gasteiger partial charge in [-0.3, -0.25) is 14.9 Å². The summed E-state index contributed by atoms with van der Waals surface area (Å²) in [6.45, 7) is 2.63. The molecule has 0 bridgehead atoms. The molecule has 3 rings (SSSR count). The van der Waals surface area contributed by atoms with Crippen molar-refractivity contribution >= 4 is 27.9 Å². The van der Waals surface area contributed by atoms with Gasteiger partial charge in [-0.25, -0.2) is 0 Å². The molecule has 0 saturated carbocycles. The van der Waals surface area contributed by atoms with E-state index in [1.807, 2.05) is 36.6 Å². The first-order valence-electron chi connectivity index (χ1n) is 7.34. The zero-order valence-electron chi connectivity index (χ0n) is 12.6. The van der Waals surface area contributed by atoms with Gasteiger partial charge >= 0.3 is 5.00 Å². The Bertz CT molecular complexity index is 759. The molecule has 7 heteroatoms. The Kier molecular flexibility index (Phi) is 4.04. The molecule has 0 fully saturated rings. The number of hydrogen-bond donors (Lipinski definition) is 1. The molecule has 0 aliphatic carbocycles. The highest BCUT2D eigenvalue weighted by Crippen LogP contribution is 2.39. The summed E-state index contributed by atoms with van der Waals surface area (Å²) in [5.74, 6) is -0.593. The SMILES string of the molecule is C[C@@H]1C[C@@H](C(N)=O)c2ccccc2N1Cc1csc([N+](=O)[O-])c1. The van der Waals surface area contributed by atoms with Crippen molar-refractivity contribution in [1.29, 1.82) is 0 Å². The van der Waals surface area contributed by atoms with E-state index in [1.54, 1.807) is 6.07 Å². The number of hydrogen-bond acceptors (Lipinski definition) is 5. The van der Waals surface area contributed by atoms with Crippen molar-refractivity contribution in [1.82, 2.24) is 0 Å². The van der Waals surface area contributed by atoms with Gasteiger partial charge in [0.15, 0.2) is 0 Å². The van der Waals surface area contributed by atoms with Crippen molar-refractivity contribution in [3.05, 3.63) is 57.0 Å². The van der Waals surface area contributed by atoms with Gasteiger partial charge in [0.1, 0.15) is 0 Å². The summed E-state index contributed by atoms with van der Waals surface area (Å²) in [6, 6.07) is 9.47. The van der Waals surface area contributed by atoms with Crippen LogP contribution >= 0.6 is 11.3 Å². The normalized spacial score (nSPS) is 20.1. The van der Waals surface area contributed by atoms with Gasteiger partial charge in [0.25, 0.3) is 0 Å². The van der Waals surface area contributed by atoms with Gasteiger partial charge in [0, 0.05) is 29.7 Å². The minimum Gasteiger partial charge on any atom is -0.369 e. The Morgan fingerprint density at radius 1 is 1.48 bits per heavy atom. The first kappa shape index (κ1) is 15.5. The molecule has 2 heterocycles. The molecule has 0 spiro atoms. The van der Waals surface area contributed by atoms with Gasteiger partial charge in [-0.2, -0.15) is 0 Å². The quantitative estimate of drug-likeness (QED) is 0.689. The molecule has 1 aromatic heterocycles. The second-order valence-electron chi connectivity index (χ2n) is 5.78. The Morgan fingerprint density at radius 3 is 2.87 bits per heavy atom. The molecule has 1 amide bonds. The van der Waals surface area contributed by atoms with E-state index in [-0.39, 0.29) is 27.8 Å². The number of thiophene rings is 1. The monoisotopic (exact) mass is 331 g/mol.